The molecule has 3 heteroatoms. The highest BCUT2D eigenvalue weighted by Crippen LogP contribution is 2.44. The lowest BCUT2D eigenvalue weighted by atomic mass is 9.82. The van der Waals surface area contributed by atoms with Crippen molar-refractivity contribution in [2.24, 2.45) is 0 Å². The summed E-state index contributed by atoms with van der Waals surface area (Å²) in [6.07, 6.45) is 9.88. The van der Waals surface area contributed by atoms with Crippen LogP contribution in [0, 0.1) is 0 Å². The Kier molecular flexibility index (Phi) is 10.3. The molecule has 164 valence electrons. The standard InChI is InChI=1S/C27H38O3/c1-5-7-8-9-10-17-22-26(6-2,30-23-24-18-13-11-14-19-24)27(28-3,29-4)25-20-15-12-16-21-25/h6,11-16,18-21H,2,5,7-10,17,22-23H2,1,3-4H3. The molecule has 2 aromatic carbocycles. The SMILES string of the molecule is C=CC(CCCCCCCC)(OCc1ccccc1)C(OC)(OC)c1ccccc1. The van der Waals surface area contributed by atoms with Crippen molar-refractivity contribution in [3.05, 3.63) is 84.4 Å². The van der Waals surface area contributed by atoms with Gasteiger partial charge in [-0.2, -0.15) is 0 Å². The number of ether oxygens (including phenoxy) is 3. The highest BCUT2D eigenvalue weighted by Gasteiger charge is 2.53. The van der Waals surface area contributed by atoms with Crippen LogP contribution in [0.5, 0.6) is 0 Å². The Morgan fingerprint density at radius 3 is 1.93 bits per heavy atom. The molecule has 2 aromatic rings. The second-order valence-corrected chi connectivity index (χ2v) is 7.78. The van der Waals surface area contributed by atoms with Crippen LogP contribution in [-0.2, 0) is 26.6 Å². The van der Waals surface area contributed by atoms with E-state index in [1.165, 1.54) is 25.7 Å². The Hall–Kier alpha value is -1.94. The lowest BCUT2D eigenvalue weighted by molar-refractivity contribution is -0.313. The van der Waals surface area contributed by atoms with Crippen LogP contribution >= 0.6 is 0 Å². The van der Waals surface area contributed by atoms with Gasteiger partial charge in [0.05, 0.1) is 6.61 Å². The Labute approximate surface area is 183 Å². The summed E-state index contributed by atoms with van der Waals surface area (Å²) < 4.78 is 18.8. The molecule has 0 radical (unpaired) electrons. The minimum atomic E-state index is -1.08. The molecule has 0 fully saturated rings. The van der Waals surface area contributed by atoms with Crippen molar-refractivity contribution in [2.45, 2.75) is 69.9 Å². The summed E-state index contributed by atoms with van der Waals surface area (Å²) in [5.41, 5.74) is 1.22. The van der Waals surface area contributed by atoms with E-state index in [1.807, 2.05) is 54.6 Å². The molecule has 0 heterocycles. The first-order valence-electron chi connectivity index (χ1n) is 11.2. The summed E-state index contributed by atoms with van der Waals surface area (Å²) in [6.45, 7) is 6.88. The van der Waals surface area contributed by atoms with E-state index >= 15 is 0 Å². The maximum absolute atomic E-state index is 6.63. The van der Waals surface area contributed by atoms with Gasteiger partial charge in [0.15, 0.2) is 0 Å². The Morgan fingerprint density at radius 1 is 0.800 bits per heavy atom. The summed E-state index contributed by atoms with van der Waals surface area (Å²) in [5.74, 6) is -1.08. The van der Waals surface area contributed by atoms with Crippen molar-refractivity contribution in [3.8, 4) is 0 Å². The first-order valence-corrected chi connectivity index (χ1v) is 11.2. The van der Waals surface area contributed by atoms with E-state index in [4.69, 9.17) is 14.2 Å². The minimum absolute atomic E-state index is 0.462. The lowest BCUT2D eigenvalue weighted by Crippen LogP contribution is -2.55. The fourth-order valence-corrected chi connectivity index (χ4v) is 4.15. The van der Waals surface area contributed by atoms with E-state index in [-0.39, 0.29) is 0 Å². The zero-order valence-corrected chi connectivity index (χ0v) is 18.9. The van der Waals surface area contributed by atoms with Gasteiger partial charge in [-0.05, 0) is 12.0 Å². The van der Waals surface area contributed by atoms with Gasteiger partial charge < -0.3 is 14.2 Å². The van der Waals surface area contributed by atoms with Gasteiger partial charge >= 0.3 is 0 Å². The van der Waals surface area contributed by atoms with Crippen molar-refractivity contribution in [2.75, 3.05) is 14.2 Å². The maximum atomic E-state index is 6.63. The Morgan fingerprint density at radius 2 is 1.37 bits per heavy atom. The summed E-state index contributed by atoms with van der Waals surface area (Å²) in [6, 6.07) is 20.3. The first kappa shape index (κ1) is 24.3. The minimum Gasteiger partial charge on any atom is -0.360 e. The van der Waals surface area contributed by atoms with Gasteiger partial charge in [0.25, 0.3) is 0 Å². The molecule has 2 rings (SSSR count). The molecular weight excluding hydrogens is 372 g/mol. The molecule has 0 saturated carbocycles. The van der Waals surface area contributed by atoms with Crippen molar-refractivity contribution in [3.63, 3.8) is 0 Å². The van der Waals surface area contributed by atoms with Gasteiger partial charge in [0.2, 0.25) is 5.79 Å². The van der Waals surface area contributed by atoms with Gasteiger partial charge in [0.1, 0.15) is 5.60 Å². The average Bonchev–Trinajstić information content (AvgIpc) is 2.81. The molecule has 0 spiro atoms. The van der Waals surface area contributed by atoms with E-state index in [1.54, 1.807) is 14.2 Å². The van der Waals surface area contributed by atoms with E-state index in [0.29, 0.717) is 6.61 Å². The number of rotatable bonds is 15. The van der Waals surface area contributed by atoms with Crippen LogP contribution in [0.2, 0.25) is 0 Å². The van der Waals surface area contributed by atoms with Crippen LogP contribution < -0.4 is 0 Å². The summed E-state index contributed by atoms with van der Waals surface area (Å²) in [5, 5.41) is 0. The van der Waals surface area contributed by atoms with Gasteiger partial charge in [-0.15, -0.1) is 6.58 Å². The molecule has 3 nitrogen and oxygen atoms in total. The topological polar surface area (TPSA) is 27.7 Å². The highest BCUT2D eigenvalue weighted by molar-refractivity contribution is 5.28. The van der Waals surface area contributed by atoms with Gasteiger partial charge in [-0.3, -0.25) is 0 Å². The van der Waals surface area contributed by atoms with Crippen LogP contribution in [0.1, 0.15) is 63.0 Å². The van der Waals surface area contributed by atoms with Gasteiger partial charge in [-0.25, -0.2) is 0 Å². The third-order valence-corrected chi connectivity index (χ3v) is 5.86. The van der Waals surface area contributed by atoms with Crippen LogP contribution in [0.4, 0.5) is 0 Å². The normalized spacial score (nSPS) is 13.7. The molecule has 1 unspecified atom stereocenters. The maximum Gasteiger partial charge on any atom is 0.228 e. The second-order valence-electron chi connectivity index (χ2n) is 7.78. The number of benzene rings is 2. The molecule has 0 aliphatic rings. The summed E-state index contributed by atoms with van der Waals surface area (Å²) >= 11 is 0. The Bertz CT molecular complexity index is 709. The fourth-order valence-electron chi connectivity index (χ4n) is 4.15. The van der Waals surface area contributed by atoms with Crippen LogP contribution in [0.15, 0.2) is 73.3 Å². The number of hydrogen-bond donors (Lipinski definition) is 0. The largest absolute Gasteiger partial charge is 0.360 e. The smallest absolute Gasteiger partial charge is 0.228 e. The molecular formula is C27H38O3. The van der Waals surface area contributed by atoms with Crippen molar-refractivity contribution < 1.29 is 14.2 Å². The molecule has 0 aliphatic heterocycles. The zero-order chi connectivity index (χ0) is 21.7. The Balaban J connectivity index is 2.32. The molecule has 1 atom stereocenters. The average molecular weight is 411 g/mol. The van der Waals surface area contributed by atoms with Crippen LogP contribution in [-0.4, -0.2) is 19.8 Å². The molecule has 0 aromatic heterocycles. The molecule has 0 bridgehead atoms. The predicted molar refractivity (Wildman–Crippen MR) is 124 cm³/mol. The number of hydrogen-bond acceptors (Lipinski definition) is 3. The van der Waals surface area contributed by atoms with Gasteiger partial charge in [0, 0.05) is 19.8 Å². The molecule has 0 aliphatic carbocycles. The molecule has 0 saturated heterocycles. The molecule has 0 amide bonds. The number of unbranched alkanes of at least 4 members (excludes halogenated alkanes) is 5. The number of methoxy groups -OCH3 is 2. The monoisotopic (exact) mass is 410 g/mol. The van der Waals surface area contributed by atoms with E-state index < -0.39 is 11.4 Å². The zero-order valence-electron chi connectivity index (χ0n) is 18.9. The summed E-state index contributed by atoms with van der Waals surface area (Å²) in [7, 11) is 3.36. The lowest BCUT2D eigenvalue weighted by Gasteiger charge is -2.47. The third kappa shape index (κ3) is 5.81. The van der Waals surface area contributed by atoms with E-state index in [0.717, 1.165) is 30.4 Å². The highest BCUT2D eigenvalue weighted by atomic mass is 16.7. The van der Waals surface area contributed by atoms with E-state index in [9.17, 15) is 0 Å². The quantitative estimate of drug-likeness (QED) is 0.179. The van der Waals surface area contributed by atoms with Crippen LogP contribution in [0.3, 0.4) is 0 Å². The summed E-state index contributed by atoms with van der Waals surface area (Å²) in [4.78, 5) is 0. The van der Waals surface area contributed by atoms with Crippen molar-refractivity contribution >= 4 is 0 Å². The van der Waals surface area contributed by atoms with Crippen molar-refractivity contribution in [1.82, 2.24) is 0 Å². The van der Waals surface area contributed by atoms with Gasteiger partial charge in [-0.1, -0.05) is 112 Å². The van der Waals surface area contributed by atoms with E-state index in [2.05, 4.69) is 25.6 Å². The third-order valence-electron chi connectivity index (χ3n) is 5.86. The first-order chi connectivity index (χ1) is 14.7. The second kappa shape index (κ2) is 12.7. The fraction of sp³-hybridized carbons (Fsp3) is 0.481. The molecule has 0 N–H and O–H groups in total. The van der Waals surface area contributed by atoms with Crippen molar-refractivity contribution in [1.29, 1.82) is 0 Å². The predicted octanol–water partition coefficient (Wildman–Crippen LogP) is 7.02. The van der Waals surface area contributed by atoms with Crippen LogP contribution in [0.25, 0.3) is 0 Å². The molecule has 30 heavy (non-hydrogen) atoms.